The van der Waals surface area contributed by atoms with Gasteiger partial charge in [-0.1, -0.05) is 29.8 Å². The molecule has 0 bridgehead atoms. The van der Waals surface area contributed by atoms with Gasteiger partial charge in [-0.15, -0.1) is 0 Å². The lowest BCUT2D eigenvalue weighted by molar-refractivity contribution is -0.140. The number of rotatable bonds is 7. The molecular formula is C23H20ClN3O4S. The highest BCUT2D eigenvalue weighted by atomic mass is 35.5. The molecule has 0 unspecified atom stereocenters. The van der Waals surface area contributed by atoms with Crippen molar-refractivity contribution in [2.45, 2.75) is 24.2 Å². The number of pyridine rings is 2. The van der Waals surface area contributed by atoms with Crippen molar-refractivity contribution in [1.29, 1.82) is 0 Å². The minimum atomic E-state index is -3.92. The van der Waals surface area contributed by atoms with E-state index in [1.54, 1.807) is 48.7 Å². The number of hydrogen-bond donors (Lipinski definition) is 0. The van der Waals surface area contributed by atoms with E-state index in [2.05, 4.69) is 14.7 Å². The largest absolute Gasteiger partial charge is 0.469 e. The van der Waals surface area contributed by atoms with E-state index in [-0.39, 0.29) is 22.4 Å². The Morgan fingerprint density at radius 2 is 1.88 bits per heavy atom. The lowest BCUT2D eigenvalue weighted by Crippen LogP contribution is -2.16. The first-order valence-electron chi connectivity index (χ1n) is 9.91. The number of esters is 1. The monoisotopic (exact) mass is 469 g/mol. The second kappa shape index (κ2) is 9.10. The molecule has 164 valence electrons. The fourth-order valence-corrected chi connectivity index (χ4v) is 5.21. The number of benzene rings is 1. The number of fused-ring (bicyclic) bond motifs is 1. The first-order valence-corrected chi connectivity index (χ1v) is 11.7. The summed E-state index contributed by atoms with van der Waals surface area (Å²) in [4.78, 5) is 20.2. The molecule has 32 heavy (non-hydrogen) atoms. The summed E-state index contributed by atoms with van der Waals surface area (Å²) in [5.41, 5.74) is 2.99. The van der Waals surface area contributed by atoms with Crippen LogP contribution in [0, 0.1) is 0 Å². The Bertz CT molecular complexity index is 1370. The summed E-state index contributed by atoms with van der Waals surface area (Å²) in [6, 6.07) is 17.0. The maximum atomic E-state index is 13.6. The molecule has 0 fully saturated rings. The minimum absolute atomic E-state index is 0.138. The Hall–Kier alpha value is -3.23. The van der Waals surface area contributed by atoms with Gasteiger partial charge in [-0.05, 0) is 55.3 Å². The molecule has 0 spiro atoms. The third-order valence-corrected chi connectivity index (χ3v) is 7.04. The molecule has 3 aromatic heterocycles. The summed E-state index contributed by atoms with van der Waals surface area (Å²) in [5.74, 6) is -0.346. The van der Waals surface area contributed by atoms with Gasteiger partial charge in [0.15, 0.2) is 0 Å². The summed E-state index contributed by atoms with van der Waals surface area (Å²) in [6.07, 6.45) is 2.66. The van der Waals surface area contributed by atoms with Crippen LogP contribution in [0.3, 0.4) is 0 Å². The molecule has 0 N–H and O–H groups in total. The number of ether oxygens (including phenoxy) is 1. The summed E-state index contributed by atoms with van der Waals surface area (Å²) in [7, 11) is -2.60. The normalized spacial score (nSPS) is 11.6. The van der Waals surface area contributed by atoms with E-state index in [9.17, 15) is 13.2 Å². The smallest absolute Gasteiger partial charge is 0.305 e. The summed E-state index contributed by atoms with van der Waals surface area (Å²) in [6.45, 7) is 0. The van der Waals surface area contributed by atoms with Crippen LogP contribution in [-0.2, 0) is 26.0 Å². The van der Waals surface area contributed by atoms with E-state index in [0.29, 0.717) is 29.6 Å². The molecule has 0 saturated heterocycles. The van der Waals surface area contributed by atoms with Gasteiger partial charge in [0.1, 0.15) is 5.15 Å². The fourth-order valence-electron chi connectivity index (χ4n) is 3.50. The zero-order chi connectivity index (χ0) is 22.7. The molecule has 0 radical (unpaired) electrons. The molecule has 4 aromatic rings. The molecule has 1 aromatic carbocycles. The summed E-state index contributed by atoms with van der Waals surface area (Å²) >= 11 is 6.01. The van der Waals surface area contributed by atoms with E-state index >= 15 is 0 Å². The first-order chi connectivity index (χ1) is 15.4. The highest BCUT2D eigenvalue weighted by Crippen LogP contribution is 2.28. The second-order valence-corrected chi connectivity index (χ2v) is 9.29. The van der Waals surface area contributed by atoms with Crippen LogP contribution >= 0.6 is 11.6 Å². The van der Waals surface area contributed by atoms with Gasteiger partial charge < -0.3 is 4.74 Å². The van der Waals surface area contributed by atoms with Crippen LogP contribution in [0.15, 0.2) is 71.8 Å². The maximum absolute atomic E-state index is 13.6. The zero-order valence-electron chi connectivity index (χ0n) is 17.2. The van der Waals surface area contributed by atoms with E-state index in [1.165, 1.54) is 11.1 Å². The fraction of sp³-hybridized carbons (Fsp3) is 0.174. The average molecular weight is 470 g/mol. The van der Waals surface area contributed by atoms with Gasteiger partial charge in [-0.2, -0.15) is 0 Å². The number of nitrogens with zero attached hydrogens (tertiary/aromatic N) is 3. The lowest BCUT2D eigenvalue weighted by atomic mass is 10.1. The van der Waals surface area contributed by atoms with Crippen LogP contribution in [0.5, 0.6) is 0 Å². The Labute approximate surface area is 190 Å². The number of carbonyl (C=O) groups excluding carboxylic acids is 1. The molecule has 0 aliphatic carbocycles. The van der Waals surface area contributed by atoms with Crippen LogP contribution in [0.1, 0.15) is 18.5 Å². The maximum Gasteiger partial charge on any atom is 0.305 e. The zero-order valence-corrected chi connectivity index (χ0v) is 18.8. The topological polar surface area (TPSA) is 91.1 Å². The lowest BCUT2D eigenvalue weighted by Gasteiger charge is -2.12. The quantitative estimate of drug-likeness (QED) is 0.292. The van der Waals surface area contributed by atoms with Gasteiger partial charge in [-0.25, -0.2) is 17.4 Å². The highest BCUT2D eigenvalue weighted by Gasteiger charge is 2.24. The average Bonchev–Trinajstić information content (AvgIpc) is 3.17. The number of aryl methyl sites for hydroxylation is 1. The van der Waals surface area contributed by atoms with Gasteiger partial charge in [-0.3, -0.25) is 9.78 Å². The van der Waals surface area contributed by atoms with Crippen molar-refractivity contribution >= 4 is 38.6 Å². The summed E-state index contributed by atoms with van der Waals surface area (Å²) < 4.78 is 33.2. The van der Waals surface area contributed by atoms with Crippen LogP contribution in [-0.4, -0.2) is 35.4 Å². The number of methoxy groups -OCH3 is 1. The Balaban J connectivity index is 1.74. The molecule has 0 amide bonds. The highest BCUT2D eigenvalue weighted by molar-refractivity contribution is 7.90. The van der Waals surface area contributed by atoms with Crippen molar-refractivity contribution in [3.8, 4) is 11.3 Å². The third-order valence-electron chi connectivity index (χ3n) is 5.05. The predicted molar refractivity (Wildman–Crippen MR) is 122 cm³/mol. The van der Waals surface area contributed by atoms with Crippen molar-refractivity contribution in [1.82, 2.24) is 13.9 Å². The number of aromatic nitrogens is 3. The molecule has 0 aliphatic rings. The van der Waals surface area contributed by atoms with E-state index in [1.807, 2.05) is 18.2 Å². The molecule has 9 heteroatoms. The molecule has 7 nitrogen and oxygen atoms in total. The number of carbonyl (C=O) groups is 1. The standard InChI is InChI=1S/C23H20ClN3O4S/c1-31-23(28)7-4-5-17-15-20-21(12-13-22(24)26-20)27(17)32(29,30)18-10-8-16(9-11-18)19-6-2-3-14-25-19/h2-3,6,8-15H,4-5,7H2,1H3. The van der Waals surface area contributed by atoms with Crippen LogP contribution in [0.4, 0.5) is 0 Å². The Morgan fingerprint density at radius 3 is 2.56 bits per heavy atom. The van der Waals surface area contributed by atoms with Crippen molar-refractivity contribution in [2.75, 3.05) is 7.11 Å². The minimum Gasteiger partial charge on any atom is -0.469 e. The summed E-state index contributed by atoms with van der Waals surface area (Å²) in [5, 5.41) is 0.271. The molecule has 0 saturated carbocycles. The van der Waals surface area contributed by atoms with Gasteiger partial charge in [0.2, 0.25) is 0 Å². The Morgan fingerprint density at radius 1 is 1.09 bits per heavy atom. The van der Waals surface area contributed by atoms with E-state index in [4.69, 9.17) is 11.6 Å². The molecule has 0 aliphatic heterocycles. The molecule has 0 atom stereocenters. The number of hydrogen-bond acceptors (Lipinski definition) is 6. The van der Waals surface area contributed by atoms with Crippen LogP contribution in [0.2, 0.25) is 5.15 Å². The SMILES string of the molecule is COC(=O)CCCc1cc2nc(Cl)ccc2n1S(=O)(=O)c1ccc(-c2ccccn2)cc1. The van der Waals surface area contributed by atoms with Crippen LogP contribution < -0.4 is 0 Å². The molecule has 4 rings (SSSR count). The predicted octanol–water partition coefficient (Wildman–Crippen LogP) is 4.48. The molecule has 3 heterocycles. The van der Waals surface area contributed by atoms with Gasteiger partial charge in [0, 0.05) is 23.9 Å². The Kier molecular flexibility index (Phi) is 6.25. The first kappa shape index (κ1) is 22.0. The van der Waals surface area contributed by atoms with Crippen molar-refractivity contribution in [2.24, 2.45) is 0 Å². The number of halogens is 1. The third kappa shape index (κ3) is 4.37. The van der Waals surface area contributed by atoms with Crippen LogP contribution in [0.25, 0.3) is 22.3 Å². The van der Waals surface area contributed by atoms with Crippen molar-refractivity contribution in [3.63, 3.8) is 0 Å². The van der Waals surface area contributed by atoms with Gasteiger partial charge in [0.05, 0.1) is 28.7 Å². The molecular weight excluding hydrogens is 450 g/mol. The van der Waals surface area contributed by atoms with Crippen molar-refractivity contribution < 1.29 is 17.9 Å². The van der Waals surface area contributed by atoms with E-state index in [0.717, 1.165) is 11.3 Å². The van der Waals surface area contributed by atoms with Crippen molar-refractivity contribution in [3.05, 3.63) is 77.7 Å². The van der Waals surface area contributed by atoms with E-state index < -0.39 is 10.0 Å². The second-order valence-electron chi connectivity index (χ2n) is 7.11. The van der Waals surface area contributed by atoms with Gasteiger partial charge in [0.25, 0.3) is 10.0 Å². The van der Waals surface area contributed by atoms with Gasteiger partial charge >= 0.3 is 5.97 Å².